The van der Waals surface area contributed by atoms with Gasteiger partial charge in [-0.2, -0.15) is 0 Å². The number of halogens is 2. The molecule has 0 bridgehead atoms. The Morgan fingerprint density at radius 1 is 1.36 bits per heavy atom. The van der Waals surface area contributed by atoms with E-state index < -0.39 is 5.91 Å². The van der Waals surface area contributed by atoms with Gasteiger partial charge >= 0.3 is 0 Å². The molecule has 1 heterocycles. The smallest absolute Gasteiger partial charge is 0.245 e. The van der Waals surface area contributed by atoms with Crippen LogP contribution in [-0.4, -0.2) is 23.5 Å². The predicted octanol–water partition coefficient (Wildman–Crippen LogP) is 3.28. The van der Waals surface area contributed by atoms with Crippen LogP contribution < -0.4 is 10.2 Å². The Bertz CT molecular complexity index is 715. The van der Waals surface area contributed by atoms with Crippen molar-refractivity contribution in [1.29, 1.82) is 0 Å². The Morgan fingerprint density at radius 2 is 2.09 bits per heavy atom. The summed E-state index contributed by atoms with van der Waals surface area (Å²) in [7, 11) is 0. The average Bonchev–Trinajstić information content (AvgIpc) is 2.84. The van der Waals surface area contributed by atoms with Gasteiger partial charge in [0.15, 0.2) is 5.82 Å². The first kappa shape index (κ1) is 16.3. The lowest BCUT2D eigenvalue weighted by atomic mass is 10.2. The van der Waals surface area contributed by atoms with Crippen LogP contribution in [0.2, 0.25) is 10.0 Å². The van der Waals surface area contributed by atoms with E-state index in [9.17, 15) is 9.59 Å². The zero-order chi connectivity index (χ0) is 16.3. The van der Waals surface area contributed by atoms with Crippen molar-refractivity contribution in [3.8, 4) is 0 Å². The van der Waals surface area contributed by atoms with Gasteiger partial charge in [0.1, 0.15) is 12.3 Å². The number of aromatic nitrogens is 1. The van der Waals surface area contributed by atoms with E-state index in [-0.39, 0.29) is 23.3 Å². The van der Waals surface area contributed by atoms with Gasteiger partial charge in [-0.15, -0.1) is 0 Å². The quantitative estimate of drug-likeness (QED) is 0.925. The number of carbonyl (C=O) groups is 2. The van der Waals surface area contributed by atoms with Crippen molar-refractivity contribution in [2.24, 2.45) is 0 Å². The SMILES string of the molecule is CC(=O)N(CC(=O)Nc1cc(C)on1)c1cccc(Cl)c1Cl. The lowest BCUT2D eigenvalue weighted by Crippen LogP contribution is -2.36. The summed E-state index contributed by atoms with van der Waals surface area (Å²) >= 11 is 12.0. The summed E-state index contributed by atoms with van der Waals surface area (Å²) in [6.45, 7) is 2.82. The van der Waals surface area contributed by atoms with Crippen LogP contribution >= 0.6 is 23.2 Å². The summed E-state index contributed by atoms with van der Waals surface area (Å²) in [6.07, 6.45) is 0. The van der Waals surface area contributed by atoms with Gasteiger partial charge in [-0.1, -0.05) is 34.4 Å². The molecule has 0 saturated heterocycles. The molecule has 2 aromatic rings. The first-order valence-corrected chi connectivity index (χ1v) is 7.09. The second-order valence-electron chi connectivity index (χ2n) is 4.55. The fourth-order valence-corrected chi connectivity index (χ4v) is 2.22. The van der Waals surface area contributed by atoms with Crippen molar-refractivity contribution in [1.82, 2.24) is 5.16 Å². The van der Waals surface area contributed by atoms with E-state index in [4.69, 9.17) is 27.7 Å². The molecule has 1 aromatic carbocycles. The molecule has 0 saturated carbocycles. The Labute approximate surface area is 137 Å². The lowest BCUT2D eigenvalue weighted by molar-refractivity contribution is -0.120. The van der Waals surface area contributed by atoms with Gasteiger partial charge in [0.2, 0.25) is 11.8 Å². The summed E-state index contributed by atoms with van der Waals surface area (Å²) in [5.74, 6) is 0.0787. The fraction of sp³-hybridized carbons (Fsp3) is 0.214. The molecule has 0 atom stereocenters. The van der Waals surface area contributed by atoms with E-state index in [1.807, 2.05) is 0 Å². The molecular formula is C14H13Cl2N3O3. The van der Waals surface area contributed by atoms with E-state index in [1.165, 1.54) is 11.8 Å². The van der Waals surface area contributed by atoms with Gasteiger partial charge in [-0.25, -0.2) is 0 Å². The number of nitrogens with one attached hydrogen (secondary N) is 1. The van der Waals surface area contributed by atoms with Crippen molar-refractivity contribution in [3.63, 3.8) is 0 Å². The second-order valence-corrected chi connectivity index (χ2v) is 5.33. The molecule has 0 fully saturated rings. The van der Waals surface area contributed by atoms with Crippen LogP contribution in [0.4, 0.5) is 11.5 Å². The molecule has 0 aliphatic heterocycles. The number of carbonyl (C=O) groups excluding carboxylic acids is 2. The summed E-state index contributed by atoms with van der Waals surface area (Å²) < 4.78 is 4.85. The maximum absolute atomic E-state index is 12.0. The molecule has 0 spiro atoms. The largest absolute Gasteiger partial charge is 0.360 e. The molecule has 2 rings (SSSR count). The number of hydrogen-bond donors (Lipinski definition) is 1. The van der Waals surface area contributed by atoms with Crippen molar-refractivity contribution >= 4 is 46.5 Å². The van der Waals surface area contributed by atoms with Gasteiger partial charge in [-0.05, 0) is 19.1 Å². The highest BCUT2D eigenvalue weighted by molar-refractivity contribution is 6.44. The summed E-state index contributed by atoms with van der Waals surface area (Å²) in [5.41, 5.74) is 0.369. The zero-order valence-electron chi connectivity index (χ0n) is 11.9. The first-order chi connectivity index (χ1) is 10.4. The highest BCUT2D eigenvalue weighted by Crippen LogP contribution is 2.32. The molecular weight excluding hydrogens is 329 g/mol. The molecule has 0 unspecified atom stereocenters. The van der Waals surface area contributed by atoms with Crippen LogP contribution in [0.1, 0.15) is 12.7 Å². The van der Waals surface area contributed by atoms with Gasteiger partial charge in [-0.3, -0.25) is 9.59 Å². The van der Waals surface area contributed by atoms with Crippen molar-refractivity contribution < 1.29 is 14.1 Å². The zero-order valence-corrected chi connectivity index (χ0v) is 13.4. The minimum Gasteiger partial charge on any atom is -0.360 e. The van der Waals surface area contributed by atoms with Crippen molar-refractivity contribution in [3.05, 3.63) is 40.1 Å². The number of benzene rings is 1. The number of nitrogens with zero attached hydrogens (tertiary/aromatic N) is 2. The summed E-state index contributed by atoms with van der Waals surface area (Å²) in [5, 5.41) is 6.71. The topological polar surface area (TPSA) is 75.4 Å². The van der Waals surface area contributed by atoms with Crippen LogP contribution in [0.5, 0.6) is 0 Å². The van der Waals surface area contributed by atoms with Crippen LogP contribution in [0, 0.1) is 6.92 Å². The number of amides is 2. The maximum atomic E-state index is 12.0. The van der Waals surface area contributed by atoms with E-state index in [2.05, 4.69) is 10.5 Å². The minimum atomic E-state index is -0.431. The molecule has 0 aliphatic rings. The Kier molecular flexibility index (Phi) is 5.05. The third kappa shape index (κ3) is 3.78. The Hall–Kier alpha value is -2.05. The molecule has 2 amide bonds. The highest BCUT2D eigenvalue weighted by atomic mass is 35.5. The molecule has 6 nitrogen and oxygen atoms in total. The van der Waals surface area contributed by atoms with Gasteiger partial charge in [0.25, 0.3) is 0 Å². The molecule has 116 valence electrons. The van der Waals surface area contributed by atoms with Crippen molar-refractivity contribution in [2.75, 3.05) is 16.8 Å². The highest BCUT2D eigenvalue weighted by Gasteiger charge is 2.20. The van der Waals surface area contributed by atoms with Crippen LogP contribution in [0.15, 0.2) is 28.8 Å². The molecule has 8 heteroatoms. The normalized spacial score (nSPS) is 10.4. The lowest BCUT2D eigenvalue weighted by Gasteiger charge is -2.21. The molecule has 1 aromatic heterocycles. The number of hydrogen-bond acceptors (Lipinski definition) is 4. The van der Waals surface area contributed by atoms with Gasteiger partial charge in [0, 0.05) is 13.0 Å². The Morgan fingerprint density at radius 3 is 2.68 bits per heavy atom. The van der Waals surface area contributed by atoms with E-state index in [0.29, 0.717) is 16.5 Å². The van der Waals surface area contributed by atoms with Gasteiger partial charge in [0.05, 0.1) is 15.7 Å². The van der Waals surface area contributed by atoms with Gasteiger partial charge < -0.3 is 14.7 Å². The standard InChI is InChI=1S/C14H13Cl2N3O3/c1-8-6-12(18-22-8)17-13(21)7-19(9(2)20)11-5-3-4-10(15)14(11)16/h3-6H,7H2,1-2H3,(H,17,18,21). The monoisotopic (exact) mass is 341 g/mol. The van der Waals surface area contributed by atoms with Crippen molar-refractivity contribution in [2.45, 2.75) is 13.8 Å². The molecule has 1 N–H and O–H groups in total. The minimum absolute atomic E-state index is 0.212. The summed E-state index contributed by atoms with van der Waals surface area (Å²) in [6, 6.07) is 6.44. The van der Waals surface area contributed by atoms with Crippen LogP contribution in [0.25, 0.3) is 0 Å². The Balaban J connectivity index is 2.17. The van der Waals surface area contributed by atoms with E-state index in [1.54, 1.807) is 31.2 Å². The van der Waals surface area contributed by atoms with Crippen LogP contribution in [-0.2, 0) is 9.59 Å². The third-order valence-electron chi connectivity index (χ3n) is 2.80. The first-order valence-electron chi connectivity index (χ1n) is 6.33. The molecule has 0 aliphatic carbocycles. The van der Waals surface area contributed by atoms with Crippen LogP contribution in [0.3, 0.4) is 0 Å². The molecule has 22 heavy (non-hydrogen) atoms. The average molecular weight is 342 g/mol. The number of aryl methyl sites for hydroxylation is 1. The fourth-order valence-electron chi connectivity index (χ4n) is 1.82. The molecule has 0 radical (unpaired) electrons. The second kappa shape index (κ2) is 6.81. The third-order valence-corrected chi connectivity index (χ3v) is 3.61. The summed E-state index contributed by atoms with van der Waals surface area (Å²) in [4.78, 5) is 25.1. The van der Waals surface area contributed by atoms with E-state index >= 15 is 0 Å². The maximum Gasteiger partial charge on any atom is 0.245 e. The number of anilines is 2. The van der Waals surface area contributed by atoms with E-state index in [0.717, 1.165) is 0 Å². The predicted molar refractivity (Wildman–Crippen MR) is 84.4 cm³/mol. The number of rotatable bonds is 4.